The van der Waals surface area contributed by atoms with Gasteiger partial charge in [0.15, 0.2) is 10.6 Å². The lowest BCUT2D eigenvalue weighted by molar-refractivity contribution is 0.102. The molecule has 8 nitrogen and oxygen atoms in total. The molecule has 10 heteroatoms. The molecule has 2 N–H and O–H groups in total. The number of anilines is 1. The Bertz CT molecular complexity index is 1510. The van der Waals surface area contributed by atoms with E-state index in [1.54, 1.807) is 75.6 Å². The van der Waals surface area contributed by atoms with Gasteiger partial charge in [0.1, 0.15) is 5.56 Å². The van der Waals surface area contributed by atoms with Crippen molar-refractivity contribution in [3.63, 3.8) is 0 Å². The number of benzene rings is 2. The van der Waals surface area contributed by atoms with Crippen molar-refractivity contribution < 1.29 is 18.5 Å². The maximum Gasteiger partial charge on any atom is 0.261 e. The van der Waals surface area contributed by atoms with Crippen LogP contribution in [0.2, 0.25) is 0 Å². The molecule has 2 heterocycles. The third-order valence-corrected chi connectivity index (χ3v) is 6.61. The van der Waals surface area contributed by atoms with Crippen molar-refractivity contribution in [3.05, 3.63) is 95.2 Å². The Labute approximate surface area is 216 Å². The van der Waals surface area contributed by atoms with Crippen molar-refractivity contribution in [2.24, 2.45) is 0 Å². The molecular formula is C27H22FN5O3S. The zero-order chi connectivity index (χ0) is 26.5. The van der Waals surface area contributed by atoms with Gasteiger partial charge in [0, 0.05) is 30.6 Å². The first-order valence-corrected chi connectivity index (χ1v) is 12.3. The second kappa shape index (κ2) is 11.2. The molecule has 186 valence electrons. The highest BCUT2D eigenvalue weighted by Gasteiger charge is 2.23. The van der Waals surface area contributed by atoms with Crippen molar-refractivity contribution >= 4 is 23.0 Å². The second-order valence-electron chi connectivity index (χ2n) is 7.94. The van der Waals surface area contributed by atoms with E-state index < -0.39 is 23.2 Å². The molecule has 4 rings (SSSR count). The van der Waals surface area contributed by atoms with E-state index in [0.29, 0.717) is 33.0 Å². The number of nitrogens with one attached hydrogen (secondary N) is 2. The smallest absolute Gasteiger partial charge is 0.261 e. The molecule has 37 heavy (non-hydrogen) atoms. The minimum Gasteiger partial charge on any atom is -0.593 e. The summed E-state index contributed by atoms with van der Waals surface area (Å²) in [7, 11) is 1.57. The Hall–Kier alpha value is -4.30. The summed E-state index contributed by atoms with van der Waals surface area (Å²) in [6.07, 6.45) is 1.58. The molecule has 0 saturated heterocycles. The van der Waals surface area contributed by atoms with Gasteiger partial charge in [-0.05, 0) is 61.4 Å². The van der Waals surface area contributed by atoms with E-state index in [4.69, 9.17) is 10.00 Å². The van der Waals surface area contributed by atoms with E-state index >= 15 is 0 Å². The summed E-state index contributed by atoms with van der Waals surface area (Å²) in [6.45, 7) is 3.35. The van der Waals surface area contributed by atoms with Crippen LogP contribution in [0.25, 0.3) is 11.1 Å². The molecule has 0 saturated carbocycles. The summed E-state index contributed by atoms with van der Waals surface area (Å²) in [5.41, 5.74) is 3.40. The first-order chi connectivity index (χ1) is 17.8. The third kappa shape index (κ3) is 5.76. The van der Waals surface area contributed by atoms with Crippen LogP contribution in [0, 0.1) is 31.1 Å². The molecule has 0 aliphatic heterocycles. The number of nitriles is 1. The number of carbonyl (C=O) groups excluding carboxylic acids is 1. The lowest BCUT2D eigenvalue weighted by atomic mass is 9.97. The quantitative estimate of drug-likeness (QED) is 0.261. The number of aromatic nitrogens is 2. The molecule has 2 aromatic carbocycles. The summed E-state index contributed by atoms with van der Waals surface area (Å²) in [5, 5.41) is 11.9. The summed E-state index contributed by atoms with van der Waals surface area (Å²) in [6, 6.07) is 18.2. The highest BCUT2D eigenvalue weighted by Crippen LogP contribution is 2.33. The molecule has 0 aliphatic rings. The van der Waals surface area contributed by atoms with E-state index in [2.05, 4.69) is 26.1 Å². The SMILES string of the molecule is CN[S+]([O-])c1cccc(NC(=O)c2c(Oc3ccc(F)nc3C)ncc(-c3ccc(C#N)cc3)c2C)c1. The monoisotopic (exact) mass is 515 g/mol. The number of hydrogen-bond acceptors (Lipinski definition) is 7. The van der Waals surface area contributed by atoms with Gasteiger partial charge in [0.05, 0.1) is 28.7 Å². The Morgan fingerprint density at radius 1 is 1.14 bits per heavy atom. The van der Waals surface area contributed by atoms with E-state index in [-0.39, 0.29) is 17.2 Å². The molecule has 2 aromatic heterocycles. The number of amides is 1. The molecule has 0 bridgehead atoms. The molecule has 0 aliphatic carbocycles. The number of pyridine rings is 2. The van der Waals surface area contributed by atoms with Gasteiger partial charge in [-0.2, -0.15) is 9.65 Å². The van der Waals surface area contributed by atoms with Crippen LogP contribution >= 0.6 is 0 Å². The average Bonchev–Trinajstić information content (AvgIpc) is 2.90. The minimum absolute atomic E-state index is 0.0128. The summed E-state index contributed by atoms with van der Waals surface area (Å²) in [4.78, 5) is 22.2. The lowest BCUT2D eigenvalue weighted by Crippen LogP contribution is -2.19. The van der Waals surface area contributed by atoms with Crippen LogP contribution in [0.5, 0.6) is 11.6 Å². The standard InChI is InChI=1S/C27H22FN5O3S/c1-16-22(19-9-7-18(14-29)8-10-19)15-31-27(36-23-11-12-24(28)32-17(23)2)25(16)26(34)33-20-5-4-6-21(13-20)37(35)30-3/h4-13,15,30H,1-3H3,(H,33,34). The third-order valence-electron chi connectivity index (χ3n) is 5.56. The fraction of sp³-hybridized carbons (Fsp3) is 0.111. The molecule has 0 radical (unpaired) electrons. The highest BCUT2D eigenvalue weighted by atomic mass is 32.2. The number of rotatable bonds is 7. The van der Waals surface area contributed by atoms with Gasteiger partial charge in [0.2, 0.25) is 11.8 Å². The van der Waals surface area contributed by atoms with Crippen LogP contribution in [-0.2, 0) is 11.4 Å². The van der Waals surface area contributed by atoms with Crippen molar-refractivity contribution in [1.29, 1.82) is 5.26 Å². The Morgan fingerprint density at radius 2 is 1.89 bits per heavy atom. The fourth-order valence-electron chi connectivity index (χ4n) is 3.67. The van der Waals surface area contributed by atoms with Gasteiger partial charge in [-0.1, -0.05) is 18.2 Å². The second-order valence-corrected chi connectivity index (χ2v) is 9.36. The van der Waals surface area contributed by atoms with E-state index in [1.165, 1.54) is 6.07 Å². The predicted octanol–water partition coefficient (Wildman–Crippen LogP) is 5.06. The summed E-state index contributed by atoms with van der Waals surface area (Å²) < 4.78 is 34.3. The van der Waals surface area contributed by atoms with Crippen LogP contribution in [0.15, 0.2) is 71.8 Å². The van der Waals surface area contributed by atoms with E-state index in [1.807, 2.05) is 0 Å². The van der Waals surface area contributed by atoms with Gasteiger partial charge >= 0.3 is 0 Å². The van der Waals surface area contributed by atoms with Crippen molar-refractivity contribution in [1.82, 2.24) is 14.7 Å². The number of aryl methyl sites for hydroxylation is 1. The molecule has 1 amide bonds. The first-order valence-electron chi connectivity index (χ1n) is 11.1. The number of nitrogens with zero attached hydrogens (tertiary/aromatic N) is 3. The minimum atomic E-state index is -1.43. The van der Waals surface area contributed by atoms with Gasteiger partial charge in [0.25, 0.3) is 5.91 Å². The van der Waals surface area contributed by atoms with Crippen LogP contribution in [0.1, 0.15) is 27.2 Å². The molecule has 0 fully saturated rings. The highest BCUT2D eigenvalue weighted by molar-refractivity contribution is 7.89. The maximum atomic E-state index is 13.6. The van der Waals surface area contributed by atoms with Gasteiger partial charge in [-0.15, -0.1) is 4.72 Å². The summed E-state index contributed by atoms with van der Waals surface area (Å²) in [5.74, 6) is -0.892. The van der Waals surface area contributed by atoms with Gasteiger partial charge in [-0.25, -0.2) is 9.97 Å². The zero-order valence-electron chi connectivity index (χ0n) is 20.2. The molecule has 0 spiro atoms. The Balaban J connectivity index is 1.78. The van der Waals surface area contributed by atoms with Crippen molar-refractivity contribution in [2.45, 2.75) is 18.7 Å². The number of ether oxygens (including phenoxy) is 1. The number of halogens is 1. The summed E-state index contributed by atoms with van der Waals surface area (Å²) >= 11 is -1.43. The average molecular weight is 516 g/mol. The normalized spacial score (nSPS) is 11.5. The van der Waals surface area contributed by atoms with Crippen LogP contribution < -0.4 is 14.8 Å². The fourth-order valence-corrected chi connectivity index (χ4v) is 4.34. The van der Waals surface area contributed by atoms with Gasteiger partial charge in [-0.3, -0.25) is 4.79 Å². The van der Waals surface area contributed by atoms with Crippen LogP contribution in [0.3, 0.4) is 0 Å². The zero-order valence-corrected chi connectivity index (χ0v) is 21.0. The number of carbonyl (C=O) groups is 1. The van der Waals surface area contributed by atoms with Crippen molar-refractivity contribution in [2.75, 3.05) is 12.4 Å². The van der Waals surface area contributed by atoms with Crippen molar-refractivity contribution in [3.8, 4) is 28.8 Å². The van der Waals surface area contributed by atoms with E-state index in [0.717, 1.165) is 11.6 Å². The molecular weight excluding hydrogens is 493 g/mol. The topological polar surface area (TPSA) is 123 Å². The van der Waals surface area contributed by atoms with Crippen LogP contribution in [0.4, 0.5) is 10.1 Å². The maximum absolute atomic E-state index is 13.6. The predicted molar refractivity (Wildman–Crippen MR) is 138 cm³/mol. The van der Waals surface area contributed by atoms with Gasteiger partial charge < -0.3 is 14.6 Å². The van der Waals surface area contributed by atoms with E-state index in [9.17, 15) is 13.7 Å². The lowest BCUT2D eigenvalue weighted by Gasteiger charge is -2.17. The van der Waals surface area contributed by atoms with Crippen LogP contribution in [-0.4, -0.2) is 27.5 Å². The molecule has 4 aromatic rings. The Kier molecular flexibility index (Phi) is 7.79. The number of hydrogen-bond donors (Lipinski definition) is 2. The Morgan fingerprint density at radius 3 is 2.57 bits per heavy atom. The largest absolute Gasteiger partial charge is 0.593 e. The first kappa shape index (κ1) is 25.8. The molecule has 1 unspecified atom stereocenters. The molecule has 1 atom stereocenters.